The predicted octanol–water partition coefficient (Wildman–Crippen LogP) is 2.85. The van der Waals surface area contributed by atoms with Crippen LogP contribution in [0.2, 0.25) is 0 Å². The zero-order chi connectivity index (χ0) is 16.7. The highest BCUT2D eigenvalue weighted by molar-refractivity contribution is 7.08. The third kappa shape index (κ3) is 5.33. The van der Waals surface area contributed by atoms with Gasteiger partial charge in [-0.15, -0.1) is 0 Å². The number of thiophene rings is 1. The zero-order valence-corrected chi connectivity index (χ0v) is 14.2. The topological polar surface area (TPSA) is 56.7 Å². The summed E-state index contributed by atoms with van der Waals surface area (Å²) in [7, 11) is 0. The molecule has 1 heterocycles. The summed E-state index contributed by atoms with van der Waals surface area (Å²) in [5.41, 5.74) is 0.692. The van der Waals surface area contributed by atoms with Gasteiger partial charge in [0.2, 0.25) is 0 Å². The standard InChI is InChI=1S/C17H22FN3OS/c1-3-19-16(20-10-13-5-4-6-15(18)9-13)21-12-17(2,22)14-7-8-23-11-14/h4-9,11,22H,3,10,12H2,1-2H3,(H2,19,20,21). The summed E-state index contributed by atoms with van der Waals surface area (Å²) in [6, 6.07) is 8.28. The summed E-state index contributed by atoms with van der Waals surface area (Å²) < 4.78 is 13.2. The van der Waals surface area contributed by atoms with E-state index in [1.54, 1.807) is 24.3 Å². The van der Waals surface area contributed by atoms with Crippen molar-refractivity contribution in [1.82, 2.24) is 10.6 Å². The lowest BCUT2D eigenvalue weighted by Crippen LogP contribution is -2.44. The van der Waals surface area contributed by atoms with Crippen LogP contribution in [-0.4, -0.2) is 24.2 Å². The van der Waals surface area contributed by atoms with Crippen LogP contribution in [0.4, 0.5) is 4.39 Å². The summed E-state index contributed by atoms with van der Waals surface area (Å²) in [4.78, 5) is 4.43. The minimum atomic E-state index is -0.977. The molecule has 1 atom stereocenters. The third-order valence-corrected chi connectivity index (χ3v) is 4.08. The van der Waals surface area contributed by atoms with Crippen molar-refractivity contribution in [1.29, 1.82) is 0 Å². The van der Waals surface area contributed by atoms with Gasteiger partial charge in [-0.3, -0.25) is 0 Å². The molecule has 0 radical (unpaired) electrons. The van der Waals surface area contributed by atoms with Crippen LogP contribution in [0.25, 0.3) is 0 Å². The van der Waals surface area contributed by atoms with Crippen LogP contribution < -0.4 is 10.6 Å². The first-order valence-corrected chi connectivity index (χ1v) is 8.47. The molecule has 0 amide bonds. The highest BCUT2D eigenvalue weighted by atomic mass is 32.1. The SMILES string of the molecule is CCNC(=NCc1cccc(F)c1)NCC(C)(O)c1ccsc1. The summed E-state index contributed by atoms with van der Waals surface area (Å²) in [5, 5.41) is 20.6. The Bertz CT molecular complexity index is 641. The summed E-state index contributed by atoms with van der Waals surface area (Å²) in [5.74, 6) is 0.323. The zero-order valence-electron chi connectivity index (χ0n) is 13.3. The van der Waals surface area contributed by atoms with Crippen molar-refractivity contribution in [2.75, 3.05) is 13.1 Å². The lowest BCUT2D eigenvalue weighted by Gasteiger charge is -2.24. The van der Waals surface area contributed by atoms with Crippen LogP contribution >= 0.6 is 11.3 Å². The number of aliphatic imine (C=N–C) groups is 1. The van der Waals surface area contributed by atoms with Gasteiger partial charge in [0.1, 0.15) is 11.4 Å². The molecule has 0 fully saturated rings. The Morgan fingerprint density at radius 2 is 2.17 bits per heavy atom. The van der Waals surface area contributed by atoms with E-state index in [-0.39, 0.29) is 5.82 Å². The fraction of sp³-hybridized carbons (Fsp3) is 0.353. The smallest absolute Gasteiger partial charge is 0.191 e. The highest BCUT2D eigenvalue weighted by Crippen LogP contribution is 2.21. The molecule has 4 nitrogen and oxygen atoms in total. The minimum absolute atomic E-state index is 0.268. The quantitative estimate of drug-likeness (QED) is 0.562. The summed E-state index contributed by atoms with van der Waals surface area (Å²) >= 11 is 1.55. The molecule has 0 saturated carbocycles. The van der Waals surface area contributed by atoms with Crippen LogP contribution in [0.5, 0.6) is 0 Å². The maximum atomic E-state index is 13.2. The number of rotatable bonds is 6. The van der Waals surface area contributed by atoms with Gasteiger partial charge >= 0.3 is 0 Å². The molecule has 0 bridgehead atoms. The van der Waals surface area contributed by atoms with Gasteiger partial charge in [0.05, 0.1) is 13.1 Å². The fourth-order valence-electron chi connectivity index (χ4n) is 2.08. The van der Waals surface area contributed by atoms with E-state index in [1.807, 2.05) is 29.8 Å². The van der Waals surface area contributed by atoms with Gasteiger partial charge in [-0.05, 0) is 53.9 Å². The Morgan fingerprint density at radius 1 is 1.35 bits per heavy atom. The number of guanidine groups is 1. The van der Waals surface area contributed by atoms with Crippen LogP contribution in [0.1, 0.15) is 25.0 Å². The number of aliphatic hydroxyl groups is 1. The van der Waals surface area contributed by atoms with E-state index in [2.05, 4.69) is 15.6 Å². The second-order valence-corrected chi connectivity index (χ2v) is 6.24. The number of benzene rings is 1. The van der Waals surface area contributed by atoms with E-state index in [4.69, 9.17) is 0 Å². The molecule has 0 saturated heterocycles. The second kappa shape index (κ2) is 8.08. The lowest BCUT2D eigenvalue weighted by molar-refractivity contribution is 0.0621. The number of nitrogens with zero attached hydrogens (tertiary/aromatic N) is 1. The molecule has 2 rings (SSSR count). The van der Waals surface area contributed by atoms with Crippen molar-refractivity contribution in [3.05, 3.63) is 58.0 Å². The van der Waals surface area contributed by atoms with E-state index in [0.717, 1.165) is 11.1 Å². The molecular weight excluding hydrogens is 313 g/mol. The molecule has 0 aliphatic rings. The Hall–Kier alpha value is -1.92. The minimum Gasteiger partial charge on any atom is -0.384 e. The molecule has 124 valence electrons. The molecule has 1 aromatic heterocycles. The number of nitrogens with one attached hydrogen (secondary N) is 2. The van der Waals surface area contributed by atoms with Gasteiger partial charge < -0.3 is 15.7 Å². The van der Waals surface area contributed by atoms with Gasteiger partial charge in [0.15, 0.2) is 5.96 Å². The van der Waals surface area contributed by atoms with Crippen LogP contribution in [0.3, 0.4) is 0 Å². The molecule has 0 aliphatic carbocycles. The number of halogens is 1. The van der Waals surface area contributed by atoms with E-state index in [9.17, 15) is 9.50 Å². The van der Waals surface area contributed by atoms with E-state index in [1.165, 1.54) is 12.1 Å². The van der Waals surface area contributed by atoms with Crippen molar-refractivity contribution in [2.24, 2.45) is 4.99 Å². The van der Waals surface area contributed by atoms with E-state index >= 15 is 0 Å². The van der Waals surface area contributed by atoms with Crippen molar-refractivity contribution in [3.8, 4) is 0 Å². The average molecular weight is 335 g/mol. The van der Waals surface area contributed by atoms with E-state index < -0.39 is 5.60 Å². The average Bonchev–Trinajstić information content (AvgIpc) is 3.05. The van der Waals surface area contributed by atoms with Crippen LogP contribution in [-0.2, 0) is 12.1 Å². The molecule has 1 aromatic carbocycles. The van der Waals surface area contributed by atoms with Gasteiger partial charge in [-0.25, -0.2) is 9.38 Å². The monoisotopic (exact) mass is 335 g/mol. The predicted molar refractivity (Wildman–Crippen MR) is 93.1 cm³/mol. The van der Waals surface area contributed by atoms with Gasteiger partial charge in [-0.1, -0.05) is 12.1 Å². The van der Waals surface area contributed by atoms with Crippen LogP contribution in [0.15, 0.2) is 46.1 Å². The Kier molecular flexibility index (Phi) is 6.12. The first kappa shape index (κ1) is 17.4. The van der Waals surface area contributed by atoms with Gasteiger partial charge in [0.25, 0.3) is 0 Å². The van der Waals surface area contributed by atoms with Gasteiger partial charge in [0, 0.05) is 6.54 Å². The molecular formula is C17H22FN3OS. The molecule has 1 unspecified atom stereocenters. The van der Waals surface area contributed by atoms with Crippen molar-refractivity contribution < 1.29 is 9.50 Å². The Balaban J connectivity index is 1.99. The molecule has 0 aliphatic heterocycles. The molecule has 23 heavy (non-hydrogen) atoms. The largest absolute Gasteiger partial charge is 0.384 e. The lowest BCUT2D eigenvalue weighted by atomic mass is 9.99. The number of hydrogen-bond donors (Lipinski definition) is 3. The van der Waals surface area contributed by atoms with Crippen molar-refractivity contribution in [3.63, 3.8) is 0 Å². The first-order valence-electron chi connectivity index (χ1n) is 7.53. The van der Waals surface area contributed by atoms with E-state index in [0.29, 0.717) is 25.6 Å². The molecule has 2 aromatic rings. The van der Waals surface area contributed by atoms with Crippen molar-refractivity contribution in [2.45, 2.75) is 26.0 Å². The molecule has 3 N–H and O–H groups in total. The molecule has 6 heteroatoms. The Morgan fingerprint density at radius 3 is 2.83 bits per heavy atom. The third-order valence-electron chi connectivity index (χ3n) is 3.40. The number of hydrogen-bond acceptors (Lipinski definition) is 3. The first-order chi connectivity index (χ1) is 11.0. The highest BCUT2D eigenvalue weighted by Gasteiger charge is 2.23. The summed E-state index contributed by atoms with van der Waals surface area (Å²) in [6.07, 6.45) is 0. The maximum Gasteiger partial charge on any atom is 0.191 e. The normalized spacial score (nSPS) is 14.3. The van der Waals surface area contributed by atoms with Crippen molar-refractivity contribution >= 4 is 17.3 Å². The van der Waals surface area contributed by atoms with Gasteiger partial charge in [-0.2, -0.15) is 11.3 Å². The maximum absolute atomic E-state index is 13.2. The molecule has 0 spiro atoms. The Labute approximate surface area is 140 Å². The summed E-state index contributed by atoms with van der Waals surface area (Å²) in [6.45, 7) is 5.14. The van der Waals surface area contributed by atoms with Crippen LogP contribution in [0, 0.1) is 5.82 Å². The second-order valence-electron chi connectivity index (χ2n) is 5.46. The fourth-order valence-corrected chi connectivity index (χ4v) is 2.86.